The first kappa shape index (κ1) is 28.1. The summed E-state index contributed by atoms with van der Waals surface area (Å²) < 4.78 is 37.8. The second kappa shape index (κ2) is 11.6. The van der Waals surface area contributed by atoms with Crippen LogP contribution in [0.5, 0.6) is 0 Å². The molecule has 3 aromatic rings. The Balaban J connectivity index is 1.24. The molecule has 1 aliphatic carbocycles. The molecular weight excluding hydrogens is 557 g/mol. The predicted octanol–water partition coefficient (Wildman–Crippen LogP) is 5.17. The van der Waals surface area contributed by atoms with Crippen molar-refractivity contribution in [1.29, 1.82) is 5.26 Å². The molecule has 13 heteroatoms. The van der Waals surface area contributed by atoms with Crippen LogP contribution < -0.4 is 16.0 Å². The normalized spacial score (nSPS) is 18.2. The first-order valence-corrected chi connectivity index (χ1v) is 13.8. The van der Waals surface area contributed by atoms with Crippen LogP contribution in [0, 0.1) is 11.3 Å². The number of aryl methyl sites for hydroxylation is 1. The van der Waals surface area contributed by atoms with Crippen molar-refractivity contribution in [3.05, 3.63) is 75.8 Å². The number of hydrogen-bond donors (Lipinski definition) is 3. The van der Waals surface area contributed by atoms with Crippen molar-refractivity contribution in [2.24, 2.45) is 0 Å². The summed E-state index contributed by atoms with van der Waals surface area (Å²) in [6, 6.07) is 14.5. The number of hydrogen-bond acceptors (Lipinski definition) is 6. The molecule has 212 valence electrons. The van der Waals surface area contributed by atoms with Crippen LogP contribution >= 0.6 is 11.3 Å². The Labute approximate surface area is 237 Å². The molecule has 3 N–H and O–H groups in total. The quantitative estimate of drug-likeness (QED) is 0.383. The third-order valence-corrected chi connectivity index (χ3v) is 8.08. The number of benzene rings is 2. The van der Waals surface area contributed by atoms with Crippen LogP contribution in [-0.4, -0.2) is 46.5 Å². The number of aromatic nitrogens is 1. The number of rotatable bonds is 5. The lowest BCUT2D eigenvalue weighted by Gasteiger charge is -2.25. The van der Waals surface area contributed by atoms with E-state index in [2.05, 4.69) is 15.6 Å². The predicted molar refractivity (Wildman–Crippen MR) is 145 cm³/mol. The van der Waals surface area contributed by atoms with Crippen LogP contribution in [0.1, 0.15) is 57.4 Å². The van der Waals surface area contributed by atoms with Gasteiger partial charge in [0.1, 0.15) is 0 Å². The molecule has 2 aliphatic rings. The van der Waals surface area contributed by atoms with Crippen LogP contribution in [0.4, 0.5) is 28.8 Å². The van der Waals surface area contributed by atoms with E-state index < -0.39 is 24.0 Å². The Morgan fingerprint density at radius 1 is 1.07 bits per heavy atom. The molecule has 2 atom stereocenters. The number of likely N-dealkylation sites (tertiary alicyclic amines) is 1. The van der Waals surface area contributed by atoms with Gasteiger partial charge in [0.05, 0.1) is 23.4 Å². The second-order valence-electron chi connectivity index (χ2n) is 9.85. The van der Waals surface area contributed by atoms with Gasteiger partial charge in [-0.15, -0.1) is 11.3 Å². The van der Waals surface area contributed by atoms with Crippen LogP contribution in [0.25, 0.3) is 0 Å². The molecule has 1 aromatic heterocycles. The van der Waals surface area contributed by atoms with Crippen LogP contribution in [0.15, 0.2) is 48.5 Å². The minimum Gasteiger partial charge on any atom is -0.345 e. The van der Waals surface area contributed by atoms with Gasteiger partial charge in [-0.05, 0) is 61.6 Å². The molecule has 0 spiro atoms. The zero-order valence-corrected chi connectivity index (χ0v) is 22.4. The summed E-state index contributed by atoms with van der Waals surface area (Å²) in [7, 11) is 0. The van der Waals surface area contributed by atoms with Crippen molar-refractivity contribution < 1.29 is 27.6 Å². The van der Waals surface area contributed by atoms with Crippen LogP contribution in [0.2, 0.25) is 0 Å². The molecule has 1 aliphatic heterocycles. The van der Waals surface area contributed by atoms with E-state index in [4.69, 9.17) is 5.26 Å². The maximum Gasteiger partial charge on any atom is 0.471 e. The van der Waals surface area contributed by atoms with Gasteiger partial charge in [0.25, 0.3) is 5.91 Å². The van der Waals surface area contributed by atoms with Gasteiger partial charge in [-0.2, -0.15) is 18.4 Å². The maximum absolute atomic E-state index is 13.1. The summed E-state index contributed by atoms with van der Waals surface area (Å²) in [5.74, 6) is -2.36. The summed E-state index contributed by atoms with van der Waals surface area (Å²) in [6.45, 7) is 0.542. The lowest BCUT2D eigenvalue weighted by atomic mass is 9.97. The van der Waals surface area contributed by atoms with Gasteiger partial charge in [-0.1, -0.05) is 18.2 Å². The summed E-state index contributed by atoms with van der Waals surface area (Å²) in [6.07, 6.45) is -2.50. The third kappa shape index (κ3) is 6.49. The largest absolute Gasteiger partial charge is 0.471 e. The molecule has 0 saturated carbocycles. The number of halogens is 3. The fourth-order valence-electron chi connectivity index (χ4n) is 5.09. The number of nitrogens with one attached hydrogen (secondary N) is 3. The van der Waals surface area contributed by atoms with E-state index in [0.29, 0.717) is 47.0 Å². The number of thiazole rings is 1. The molecule has 0 radical (unpaired) electrons. The van der Waals surface area contributed by atoms with Crippen molar-refractivity contribution in [3.8, 4) is 6.07 Å². The van der Waals surface area contributed by atoms with Gasteiger partial charge >= 0.3 is 18.1 Å². The Morgan fingerprint density at radius 3 is 2.66 bits per heavy atom. The Hall–Kier alpha value is -4.44. The standard InChI is InChI=1S/C28H25F3N6O3S/c29-28(30,31)25(39)33-20-9-10-21-23(14-20)41-26(35-21)36-24(38)18-6-2-5-17(13-18)22-8-3-11-37(22)27(40)34-19-7-1-4-16(12-19)15-32/h1-2,4-7,12-13,20,22H,3,8-11,14H2,(H,33,39)(H,34,40)(H,35,36,38)/t20?,22-/m1/s1. The van der Waals surface area contributed by atoms with Gasteiger partial charge in [0, 0.05) is 35.1 Å². The van der Waals surface area contributed by atoms with E-state index in [9.17, 15) is 27.6 Å². The first-order chi connectivity index (χ1) is 19.6. The molecule has 2 aromatic carbocycles. The maximum atomic E-state index is 13.1. The zero-order valence-electron chi connectivity index (χ0n) is 21.6. The van der Waals surface area contributed by atoms with Crippen molar-refractivity contribution in [2.45, 2.75) is 50.4 Å². The number of amides is 4. The number of alkyl halides is 3. The van der Waals surface area contributed by atoms with Gasteiger partial charge in [0.15, 0.2) is 5.13 Å². The summed E-state index contributed by atoms with van der Waals surface area (Å²) in [4.78, 5) is 44.3. The number of fused-ring (bicyclic) bond motifs is 1. The van der Waals surface area contributed by atoms with E-state index in [-0.39, 0.29) is 18.5 Å². The minimum absolute atomic E-state index is 0.209. The smallest absolute Gasteiger partial charge is 0.345 e. The summed E-state index contributed by atoms with van der Waals surface area (Å²) >= 11 is 1.18. The molecular formula is C28H25F3N6O3S. The number of carbonyl (C=O) groups is 3. The summed E-state index contributed by atoms with van der Waals surface area (Å²) in [5, 5.41) is 17.1. The van der Waals surface area contributed by atoms with Crippen molar-refractivity contribution in [1.82, 2.24) is 15.2 Å². The lowest BCUT2D eigenvalue weighted by molar-refractivity contribution is -0.174. The average molecular weight is 583 g/mol. The molecule has 9 nitrogen and oxygen atoms in total. The number of nitrogens with zero attached hydrogens (tertiary/aromatic N) is 3. The third-order valence-electron chi connectivity index (χ3n) is 7.04. The fourth-order valence-corrected chi connectivity index (χ4v) is 6.18. The molecule has 41 heavy (non-hydrogen) atoms. The SMILES string of the molecule is N#Cc1cccc(NC(=O)N2CCC[C@@H]2c2cccc(C(=O)Nc3nc4c(s3)CC(NC(=O)C(F)(F)F)CC4)c2)c1. The number of carbonyl (C=O) groups excluding carboxylic acids is 3. The highest BCUT2D eigenvalue weighted by Crippen LogP contribution is 2.34. The highest BCUT2D eigenvalue weighted by atomic mass is 32.1. The van der Waals surface area contributed by atoms with Gasteiger partial charge in [-0.3, -0.25) is 14.9 Å². The highest BCUT2D eigenvalue weighted by molar-refractivity contribution is 7.15. The number of anilines is 2. The Kier molecular flexibility index (Phi) is 7.94. The van der Waals surface area contributed by atoms with E-state index in [1.54, 1.807) is 47.4 Å². The van der Waals surface area contributed by atoms with Crippen molar-refractivity contribution >= 4 is 40.0 Å². The number of nitriles is 1. The Bertz CT molecular complexity index is 1530. The number of urea groups is 1. The van der Waals surface area contributed by atoms with Gasteiger partial charge < -0.3 is 15.5 Å². The molecule has 1 saturated heterocycles. The Morgan fingerprint density at radius 2 is 1.88 bits per heavy atom. The fraction of sp³-hybridized carbons (Fsp3) is 0.321. The average Bonchev–Trinajstić information content (AvgIpc) is 3.59. The van der Waals surface area contributed by atoms with Crippen molar-refractivity contribution in [3.63, 3.8) is 0 Å². The first-order valence-electron chi connectivity index (χ1n) is 13.0. The van der Waals surface area contributed by atoms with Gasteiger partial charge in [0.2, 0.25) is 0 Å². The van der Waals surface area contributed by atoms with Crippen LogP contribution in [-0.2, 0) is 17.6 Å². The molecule has 4 amide bonds. The lowest BCUT2D eigenvalue weighted by Crippen LogP contribution is -2.45. The van der Waals surface area contributed by atoms with E-state index >= 15 is 0 Å². The summed E-state index contributed by atoms with van der Waals surface area (Å²) in [5.41, 5.74) is 2.84. The van der Waals surface area contributed by atoms with Crippen molar-refractivity contribution in [2.75, 3.05) is 17.2 Å². The highest BCUT2D eigenvalue weighted by Gasteiger charge is 2.40. The minimum atomic E-state index is -4.94. The monoisotopic (exact) mass is 582 g/mol. The topological polar surface area (TPSA) is 127 Å². The van der Waals surface area contributed by atoms with E-state index in [1.165, 1.54) is 11.3 Å². The molecule has 1 fully saturated rings. The van der Waals surface area contributed by atoms with E-state index in [0.717, 1.165) is 23.3 Å². The zero-order chi connectivity index (χ0) is 29.1. The van der Waals surface area contributed by atoms with Gasteiger partial charge in [-0.25, -0.2) is 9.78 Å². The molecule has 5 rings (SSSR count). The second-order valence-corrected chi connectivity index (χ2v) is 10.9. The molecule has 2 heterocycles. The molecule has 1 unspecified atom stereocenters. The molecule has 0 bridgehead atoms. The van der Waals surface area contributed by atoms with Crippen LogP contribution in [0.3, 0.4) is 0 Å². The van der Waals surface area contributed by atoms with E-state index in [1.807, 2.05) is 17.5 Å².